The highest BCUT2D eigenvalue weighted by Crippen LogP contribution is 2.21. The van der Waals surface area contributed by atoms with Crippen LogP contribution in [0.1, 0.15) is 22.8 Å². The highest BCUT2D eigenvalue weighted by atomic mass is 35.5. The summed E-state index contributed by atoms with van der Waals surface area (Å²) in [5.41, 5.74) is 2.67. The average molecular weight is 420 g/mol. The summed E-state index contributed by atoms with van der Waals surface area (Å²) in [7, 11) is 0. The van der Waals surface area contributed by atoms with E-state index < -0.39 is 0 Å². The van der Waals surface area contributed by atoms with Crippen LogP contribution in [0.3, 0.4) is 0 Å². The fourth-order valence-electron chi connectivity index (χ4n) is 3.19. The summed E-state index contributed by atoms with van der Waals surface area (Å²) in [6.07, 6.45) is 0. The molecule has 1 aliphatic rings. The number of nitrogens with zero attached hydrogens (tertiary/aromatic N) is 2. The van der Waals surface area contributed by atoms with Gasteiger partial charge < -0.3 is 10.2 Å². The van der Waals surface area contributed by atoms with Crippen molar-refractivity contribution in [2.75, 3.05) is 37.6 Å². The maximum Gasteiger partial charge on any atom is 0.234 e. The number of amides is 1. The molecule has 0 saturated carbocycles. The first-order valence-corrected chi connectivity index (χ1v) is 9.97. The smallest absolute Gasteiger partial charge is 0.234 e. The molecule has 0 spiro atoms. The van der Waals surface area contributed by atoms with Gasteiger partial charge in [0.1, 0.15) is 0 Å². The quantitative estimate of drug-likeness (QED) is 0.726. The summed E-state index contributed by atoms with van der Waals surface area (Å²) in [5, 5.41) is 4.04. The summed E-state index contributed by atoms with van der Waals surface area (Å²) >= 11 is 12.0. The summed E-state index contributed by atoms with van der Waals surface area (Å²) < 4.78 is 0. The Hall–Kier alpha value is -2.08. The number of carbonyl (C=O) groups excluding carboxylic acids is 2. The number of ketones is 1. The van der Waals surface area contributed by atoms with Gasteiger partial charge in [-0.3, -0.25) is 14.5 Å². The normalized spacial score (nSPS) is 14.8. The van der Waals surface area contributed by atoms with Crippen LogP contribution < -0.4 is 10.2 Å². The lowest BCUT2D eigenvalue weighted by molar-refractivity contribution is -0.122. The summed E-state index contributed by atoms with van der Waals surface area (Å²) in [4.78, 5) is 28.0. The molecule has 0 bridgehead atoms. The molecule has 1 heterocycles. The minimum absolute atomic E-state index is 0.0229. The van der Waals surface area contributed by atoms with Crippen molar-refractivity contribution in [3.63, 3.8) is 0 Å². The molecule has 1 aliphatic heterocycles. The van der Waals surface area contributed by atoms with Gasteiger partial charge in [-0.25, -0.2) is 0 Å². The van der Waals surface area contributed by atoms with Crippen molar-refractivity contribution in [2.24, 2.45) is 0 Å². The molecule has 2 aromatic carbocycles. The Morgan fingerprint density at radius 3 is 2.29 bits per heavy atom. The van der Waals surface area contributed by atoms with Crippen molar-refractivity contribution in [1.29, 1.82) is 0 Å². The van der Waals surface area contributed by atoms with E-state index in [9.17, 15) is 9.59 Å². The molecule has 0 unspecified atom stereocenters. The predicted molar refractivity (Wildman–Crippen MR) is 113 cm³/mol. The topological polar surface area (TPSA) is 52.7 Å². The standard InChI is InChI=1S/C21H23Cl2N3O2/c1-15(27)16-3-6-19(7-4-16)26-10-8-25(9-11-26)14-21(28)24-13-17-2-5-18(22)12-20(17)23/h2-7,12H,8-11,13-14H2,1H3,(H,24,28). The number of carbonyl (C=O) groups is 2. The predicted octanol–water partition coefficient (Wildman–Crippen LogP) is 3.63. The zero-order valence-electron chi connectivity index (χ0n) is 15.8. The van der Waals surface area contributed by atoms with Gasteiger partial charge in [0.05, 0.1) is 6.54 Å². The van der Waals surface area contributed by atoms with E-state index in [1.54, 1.807) is 19.1 Å². The van der Waals surface area contributed by atoms with E-state index in [1.165, 1.54) is 0 Å². The van der Waals surface area contributed by atoms with Gasteiger partial charge in [0.25, 0.3) is 0 Å². The molecule has 28 heavy (non-hydrogen) atoms. The number of piperazine rings is 1. The van der Waals surface area contributed by atoms with Gasteiger partial charge in [-0.15, -0.1) is 0 Å². The Morgan fingerprint density at radius 2 is 1.68 bits per heavy atom. The molecule has 3 rings (SSSR count). The number of Topliss-reactive ketones (excluding diaryl/α,β-unsaturated/α-hetero) is 1. The van der Waals surface area contributed by atoms with Crippen LogP contribution in [0, 0.1) is 0 Å². The van der Waals surface area contributed by atoms with Gasteiger partial charge in [-0.1, -0.05) is 29.3 Å². The fraction of sp³-hybridized carbons (Fsp3) is 0.333. The Balaban J connectivity index is 1.44. The van der Waals surface area contributed by atoms with E-state index >= 15 is 0 Å². The molecule has 7 heteroatoms. The van der Waals surface area contributed by atoms with Gasteiger partial charge >= 0.3 is 0 Å². The summed E-state index contributed by atoms with van der Waals surface area (Å²) in [6.45, 7) is 5.62. The largest absolute Gasteiger partial charge is 0.369 e. The molecule has 1 fully saturated rings. The molecule has 0 radical (unpaired) electrons. The van der Waals surface area contributed by atoms with E-state index in [0.29, 0.717) is 23.1 Å². The van der Waals surface area contributed by atoms with Crippen molar-refractivity contribution in [3.8, 4) is 0 Å². The number of benzene rings is 2. The van der Waals surface area contributed by atoms with E-state index in [4.69, 9.17) is 23.2 Å². The molecule has 1 saturated heterocycles. The first-order valence-electron chi connectivity index (χ1n) is 9.21. The van der Waals surface area contributed by atoms with Gasteiger partial charge in [-0.05, 0) is 48.9 Å². The second-order valence-corrected chi connectivity index (χ2v) is 7.72. The Kier molecular flexibility index (Phi) is 6.94. The van der Waals surface area contributed by atoms with Crippen LogP contribution in [-0.2, 0) is 11.3 Å². The molecule has 1 amide bonds. The van der Waals surface area contributed by atoms with Gasteiger partial charge in [0, 0.05) is 54.0 Å². The lowest BCUT2D eigenvalue weighted by atomic mass is 10.1. The minimum atomic E-state index is -0.0229. The van der Waals surface area contributed by atoms with Crippen molar-refractivity contribution in [2.45, 2.75) is 13.5 Å². The van der Waals surface area contributed by atoms with Crippen LogP contribution in [0.25, 0.3) is 0 Å². The number of rotatable bonds is 6. The number of anilines is 1. The van der Waals surface area contributed by atoms with Crippen molar-refractivity contribution in [1.82, 2.24) is 10.2 Å². The molecule has 1 N–H and O–H groups in total. The second-order valence-electron chi connectivity index (χ2n) is 6.88. The van der Waals surface area contributed by atoms with Crippen LogP contribution >= 0.6 is 23.2 Å². The fourth-order valence-corrected chi connectivity index (χ4v) is 3.66. The van der Waals surface area contributed by atoms with Crippen molar-refractivity contribution < 1.29 is 9.59 Å². The SMILES string of the molecule is CC(=O)c1ccc(N2CCN(CC(=O)NCc3ccc(Cl)cc3Cl)CC2)cc1. The summed E-state index contributed by atoms with van der Waals surface area (Å²) in [6, 6.07) is 12.9. The van der Waals surface area contributed by atoms with Crippen LogP contribution in [0.2, 0.25) is 10.0 Å². The molecule has 2 aromatic rings. The van der Waals surface area contributed by atoms with Gasteiger partial charge in [-0.2, -0.15) is 0 Å². The molecule has 0 atom stereocenters. The van der Waals surface area contributed by atoms with Crippen molar-refractivity contribution >= 4 is 40.6 Å². The highest BCUT2D eigenvalue weighted by molar-refractivity contribution is 6.35. The third kappa shape index (κ3) is 5.47. The van der Waals surface area contributed by atoms with E-state index in [0.717, 1.165) is 43.0 Å². The highest BCUT2D eigenvalue weighted by Gasteiger charge is 2.19. The van der Waals surface area contributed by atoms with Crippen LogP contribution in [0.15, 0.2) is 42.5 Å². The maximum atomic E-state index is 12.2. The Bertz CT molecular complexity index is 847. The molecule has 0 aromatic heterocycles. The minimum Gasteiger partial charge on any atom is -0.369 e. The van der Waals surface area contributed by atoms with Crippen LogP contribution in [0.4, 0.5) is 5.69 Å². The zero-order chi connectivity index (χ0) is 20.1. The monoisotopic (exact) mass is 419 g/mol. The molecule has 0 aliphatic carbocycles. The Labute approximate surface area is 175 Å². The molecular formula is C21H23Cl2N3O2. The third-order valence-corrected chi connectivity index (χ3v) is 5.46. The van der Waals surface area contributed by atoms with Gasteiger partial charge in [0.2, 0.25) is 5.91 Å². The average Bonchev–Trinajstić information content (AvgIpc) is 2.68. The number of hydrogen-bond donors (Lipinski definition) is 1. The van der Waals surface area contributed by atoms with Crippen molar-refractivity contribution in [3.05, 3.63) is 63.6 Å². The number of hydrogen-bond acceptors (Lipinski definition) is 4. The maximum absolute atomic E-state index is 12.2. The van der Waals surface area contributed by atoms with Gasteiger partial charge in [0.15, 0.2) is 5.78 Å². The lowest BCUT2D eigenvalue weighted by Gasteiger charge is -2.35. The lowest BCUT2D eigenvalue weighted by Crippen LogP contribution is -2.49. The van der Waals surface area contributed by atoms with E-state index in [2.05, 4.69) is 15.1 Å². The molecule has 148 valence electrons. The zero-order valence-corrected chi connectivity index (χ0v) is 17.3. The first-order chi connectivity index (χ1) is 13.4. The van der Waals surface area contributed by atoms with Crippen LogP contribution in [-0.4, -0.2) is 49.3 Å². The third-order valence-electron chi connectivity index (χ3n) is 4.87. The summed E-state index contributed by atoms with van der Waals surface area (Å²) in [5.74, 6) is 0.0487. The van der Waals surface area contributed by atoms with E-state index in [-0.39, 0.29) is 11.7 Å². The molecular weight excluding hydrogens is 397 g/mol. The Morgan fingerprint density at radius 1 is 1.00 bits per heavy atom. The first kappa shape index (κ1) is 20.6. The molecule has 5 nitrogen and oxygen atoms in total. The van der Waals surface area contributed by atoms with E-state index in [1.807, 2.05) is 30.3 Å². The number of halogens is 2. The number of nitrogens with one attached hydrogen (secondary N) is 1. The van der Waals surface area contributed by atoms with Crippen LogP contribution in [0.5, 0.6) is 0 Å². The second kappa shape index (κ2) is 9.41.